The summed E-state index contributed by atoms with van der Waals surface area (Å²) in [6.45, 7) is 1.63. The van der Waals surface area contributed by atoms with Crippen molar-refractivity contribution < 1.29 is 4.74 Å². The highest BCUT2D eigenvalue weighted by Crippen LogP contribution is 2.38. The van der Waals surface area contributed by atoms with Crippen molar-refractivity contribution in [3.63, 3.8) is 0 Å². The van der Waals surface area contributed by atoms with Crippen molar-refractivity contribution in [1.82, 2.24) is 9.97 Å². The minimum Gasteiger partial charge on any atom is -0.384 e. The Bertz CT molecular complexity index is 399. The minimum absolute atomic E-state index is 0.352. The van der Waals surface area contributed by atoms with Crippen LogP contribution in [-0.4, -0.2) is 29.2 Å². The second-order valence-corrected chi connectivity index (χ2v) is 4.87. The van der Waals surface area contributed by atoms with Gasteiger partial charge in [-0.25, -0.2) is 9.97 Å². The summed E-state index contributed by atoms with van der Waals surface area (Å²) in [4.78, 5) is 8.82. The fourth-order valence-electron chi connectivity index (χ4n) is 2.15. The van der Waals surface area contributed by atoms with Crippen LogP contribution in [0.3, 0.4) is 0 Å². The molecule has 5 heteroatoms. The maximum absolute atomic E-state index is 5.81. The Hall–Kier alpha value is -1.36. The topological polar surface area (TPSA) is 73.1 Å². The number of aromatic nitrogens is 2. The van der Waals surface area contributed by atoms with E-state index >= 15 is 0 Å². The molecule has 2 fully saturated rings. The van der Waals surface area contributed by atoms with E-state index in [1.807, 2.05) is 0 Å². The van der Waals surface area contributed by atoms with Gasteiger partial charge in [-0.3, -0.25) is 0 Å². The Morgan fingerprint density at radius 2 is 2.18 bits per heavy atom. The average molecular weight is 234 g/mol. The maximum Gasteiger partial charge on any atom is 0.136 e. The molecule has 1 saturated carbocycles. The molecule has 0 amide bonds. The molecule has 5 nitrogen and oxygen atoms in total. The highest BCUT2D eigenvalue weighted by molar-refractivity contribution is 5.46. The summed E-state index contributed by atoms with van der Waals surface area (Å²) in [5, 5.41) is 3.39. The van der Waals surface area contributed by atoms with Crippen LogP contribution in [0.2, 0.25) is 0 Å². The highest BCUT2D eigenvalue weighted by Gasteiger charge is 2.27. The fourth-order valence-corrected chi connectivity index (χ4v) is 2.15. The van der Waals surface area contributed by atoms with Crippen molar-refractivity contribution in [2.75, 3.05) is 24.3 Å². The van der Waals surface area contributed by atoms with E-state index in [4.69, 9.17) is 10.5 Å². The number of hydrogen-bond acceptors (Lipinski definition) is 5. The van der Waals surface area contributed by atoms with E-state index in [0.717, 1.165) is 37.7 Å². The first-order chi connectivity index (χ1) is 8.31. The van der Waals surface area contributed by atoms with E-state index in [1.54, 1.807) is 6.07 Å². The Labute approximate surface area is 101 Å². The first kappa shape index (κ1) is 10.8. The molecule has 1 aliphatic carbocycles. The molecule has 1 saturated heterocycles. The molecule has 1 aromatic heterocycles. The summed E-state index contributed by atoms with van der Waals surface area (Å²) in [5.41, 5.74) is 5.81. The van der Waals surface area contributed by atoms with Crippen molar-refractivity contribution in [3.8, 4) is 0 Å². The number of nitrogens with two attached hydrogens (primary N) is 1. The second kappa shape index (κ2) is 4.49. The van der Waals surface area contributed by atoms with Crippen LogP contribution in [0.5, 0.6) is 0 Å². The predicted octanol–water partition coefficient (Wildman–Crippen LogP) is 1.53. The van der Waals surface area contributed by atoms with Crippen molar-refractivity contribution >= 4 is 11.6 Å². The molecule has 3 rings (SSSR count). The van der Waals surface area contributed by atoms with Gasteiger partial charge in [-0.2, -0.15) is 0 Å². The third-order valence-corrected chi connectivity index (χ3v) is 3.22. The lowest BCUT2D eigenvalue weighted by Crippen LogP contribution is -2.30. The predicted molar refractivity (Wildman–Crippen MR) is 65.9 cm³/mol. The summed E-state index contributed by atoms with van der Waals surface area (Å²) >= 11 is 0. The molecule has 1 atom stereocenters. The molecule has 0 radical (unpaired) electrons. The van der Waals surface area contributed by atoms with Crippen LogP contribution in [0.4, 0.5) is 11.6 Å². The number of rotatable bonds is 3. The lowest BCUT2D eigenvalue weighted by atomic mass is 10.1. The van der Waals surface area contributed by atoms with E-state index in [0.29, 0.717) is 17.8 Å². The van der Waals surface area contributed by atoms with Gasteiger partial charge in [-0.1, -0.05) is 0 Å². The van der Waals surface area contributed by atoms with Gasteiger partial charge >= 0.3 is 0 Å². The average Bonchev–Trinajstić information content (AvgIpc) is 3.13. The normalized spacial score (nSPS) is 24.6. The Balaban J connectivity index is 1.72. The Morgan fingerprint density at radius 3 is 2.88 bits per heavy atom. The maximum atomic E-state index is 5.81. The van der Waals surface area contributed by atoms with Gasteiger partial charge in [0.05, 0.1) is 12.6 Å². The molecule has 0 spiro atoms. The second-order valence-electron chi connectivity index (χ2n) is 4.87. The Morgan fingerprint density at radius 1 is 1.29 bits per heavy atom. The molecular weight excluding hydrogens is 216 g/mol. The molecule has 2 aliphatic rings. The van der Waals surface area contributed by atoms with Gasteiger partial charge < -0.3 is 15.8 Å². The molecule has 17 heavy (non-hydrogen) atoms. The summed E-state index contributed by atoms with van der Waals surface area (Å²) in [6.07, 6.45) is 4.61. The summed E-state index contributed by atoms with van der Waals surface area (Å²) in [6, 6.07) is 2.16. The lowest BCUT2D eigenvalue weighted by molar-refractivity contribution is 0.0875. The van der Waals surface area contributed by atoms with Gasteiger partial charge in [0.15, 0.2) is 0 Å². The lowest BCUT2D eigenvalue weighted by Gasteiger charge is -2.23. The quantitative estimate of drug-likeness (QED) is 0.829. The third-order valence-electron chi connectivity index (χ3n) is 3.22. The van der Waals surface area contributed by atoms with Crippen LogP contribution in [0.1, 0.15) is 37.4 Å². The molecule has 1 unspecified atom stereocenters. The van der Waals surface area contributed by atoms with Crippen molar-refractivity contribution in [2.24, 2.45) is 0 Å². The van der Waals surface area contributed by atoms with Gasteiger partial charge in [0, 0.05) is 18.6 Å². The van der Waals surface area contributed by atoms with E-state index in [2.05, 4.69) is 15.3 Å². The molecule has 0 bridgehead atoms. The zero-order valence-electron chi connectivity index (χ0n) is 9.85. The molecular formula is C12H18N4O. The van der Waals surface area contributed by atoms with Crippen LogP contribution in [0, 0.1) is 0 Å². The number of hydrogen-bond donors (Lipinski definition) is 2. The van der Waals surface area contributed by atoms with Crippen molar-refractivity contribution in [1.29, 1.82) is 0 Å². The molecule has 3 N–H and O–H groups in total. The number of nitrogens with one attached hydrogen (secondary N) is 1. The van der Waals surface area contributed by atoms with Crippen molar-refractivity contribution in [2.45, 2.75) is 37.6 Å². The largest absolute Gasteiger partial charge is 0.384 e. The van der Waals surface area contributed by atoms with Gasteiger partial charge in [-0.05, 0) is 25.7 Å². The van der Waals surface area contributed by atoms with Crippen LogP contribution in [0.25, 0.3) is 0 Å². The zero-order chi connectivity index (χ0) is 11.7. The van der Waals surface area contributed by atoms with E-state index in [1.165, 1.54) is 12.8 Å². The SMILES string of the molecule is Nc1cc(NC2CCCOC2)nc(C2CC2)n1. The number of ether oxygens (including phenoxy) is 1. The van der Waals surface area contributed by atoms with Crippen molar-refractivity contribution in [3.05, 3.63) is 11.9 Å². The minimum atomic E-state index is 0.352. The van der Waals surface area contributed by atoms with Gasteiger partial charge in [0.1, 0.15) is 17.5 Å². The van der Waals surface area contributed by atoms with E-state index in [-0.39, 0.29) is 0 Å². The third kappa shape index (κ3) is 2.66. The highest BCUT2D eigenvalue weighted by atomic mass is 16.5. The van der Waals surface area contributed by atoms with Crippen LogP contribution in [0.15, 0.2) is 6.07 Å². The molecule has 2 heterocycles. The van der Waals surface area contributed by atoms with Crippen LogP contribution >= 0.6 is 0 Å². The van der Waals surface area contributed by atoms with Crippen LogP contribution in [-0.2, 0) is 4.74 Å². The number of nitrogen functional groups attached to an aromatic ring is 1. The molecule has 92 valence electrons. The summed E-state index contributed by atoms with van der Waals surface area (Å²) in [7, 11) is 0. The molecule has 1 aromatic rings. The van der Waals surface area contributed by atoms with Crippen LogP contribution < -0.4 is 11.1 Å². The summed E-state index contributed by atoms with van der Waals surface area (Å²) < 4.78 is 5.44. The first-order valence-electron chi connectivity index (χ1n) is 6.30. The van der Waals surface area contributed by atoms with Gasteiger partial charge in [0.2, 0.25) is 0 Å². The van der Waals surface area contributed by atoms with Gasteiger partial charge in [0.25, 0.3) is 0 Å². The smallest absolute Gasteiger partial charge is 0.136 e. The zero-order valence-corrected chi connectivity index (χ0v) is 9.85. The Kier molecular flexibility index (Phi) is 2.84. The number of anilines is 2. The summed E-state index contributed by atoms with van der Waals surface area (Å²) in [5.74, 6) is 2.82. The monoisotopic (exact) mass is 234 g/mol. The molecule has 0 aromatic carbocycles. The first-order valence-corrected chi connectivity index (χ1v) is 6.30. The van der Waals surface area contributed by atoms with E-state index < -0.39 is 0 Å². The van der Waals surface area contributed by atoms with Gasteiger partial charge in [-0.15, -0.1) is 0 Å². The standard InChI is InChI=1S/C12H18N4O/c13-10-6-11(14-9-2-1-5-17-7-9)16-12(15-10)8-3-4-8/h6,8-9H,1-5,7H2,(H3,13,14,15,16). The number of nitrogens with zero attached hydrogens (tertiary/aromatic N) is 2. The van der Waals surface area contributed by atoms with E-state index in [9.17, 15) is 0 Å². The molecule has 1 aliphatic heterocycles. The fraction of sp³-hybridized carbons (Fsp3) is 0.667.